The van der Waals surface area contributed by atoms with Crippen LogP contribution in [0, 0.1) is 5.82 Å². The highest BCUT2D eigenvalue weighted by Gasteiger charge is 2.19. The first-order chi connectivity index (χ1) is 69.8. The Morgan fingerprint density at radius 2 is 0.510 bits per heavy atom. The van der Waals surface area contributed by atoms with E-state index in [2.05, 4.69) is 102 Å². The molecule has 29 nitrogen and oxygen atoms in total. The van der Waals surface area contributed by atoms with Gasteiger partial charge in [-0.25, -0.2) is 33.9 Å². The molecule has 0 saturated heterocycles. The van der Waals surface area contributed by atoms with E-state index in [0.29, 0.717) is 113 Å². The van der Waals surface area contributed by atoms with Crippen molar-refractivity contribution >= 4 is 154 Å². The number of anilines is 12. The van der Waals surface area contributed by atoms with Gasteiger partial charge >= 0.3 is 11.9 Å². The molecule has 0 aliphatic heterocycles. The summed E-state index contributed by atoms with van der Waals surface area (Å²) >= 11 is 0. The number of ketones is 1. The molecule has 9 N–H and O–H groups in total. The number of carboxylic acids is 1. The summed E-state index contributed by atoms with van der Waals surface area (Å²) in [6.45, 7) is 1.53. The van der Waals surface area contributed by atoms with E-state index in [4.69, 9.17) is 4.74 Å². The lowest BCUT2D eigenvalue weighted by Crippen LogP contribution is -2.12. The third-order valence-electron chi connectivity index (χ3n) is 22.6. The molecule has 20 aromatic rings. The molecule has 20 rings (SSSR count). The second kappa shape index (κ2) is 45.7. The molecule has 0 fully saturated rings. The number of carboxylic acid groups (broad SMARTS) is 1. The summed E-state index contributed by atoms with van der Waals surface area (Å²) < 4.78 is 18.5. The van der Waals surface area contributed by atoms with Gasteiger partial charge in [0.05, 0.1) is 85.3 Å². The molecule has 4 amide bonds. The maximum absolute atomic E-state index is 13.7. The van der Waals surface area contributed by atoms with Crippen molar-refractivity contribution in [3.63, 3.8) is 0 Å². The van der Waals surface area contributed by atoms with Gasteiger partial charge in [0.1, 0.15) is 29.1 Å². The summed E-state index contributed by atoms with van der Waals surface area (Å²) in [4.78, 5) is 137. The van der Waals surface area contributed by atoms with Crippen molar-refractivity contribution in [3.8, 4) is 0 Å². The van der Waals surface area contributed by atoms with Gasteiger partial charge in [-0.3, -0.25) is 63.8 Å². The smallest absolute Gasteiger partial charge is 0.337 e. The first-order valence-electron chi connectivity index (χ1n) is 45.0. The fourth-order valence-electron chi connectivity index (χ4n) is 15.1. The standard InChI is InChI=1S/C29H23N5O3.C29H23N5O2.C28H21N5O3.C27H20FN5O/c1-37-29(36)21-4-8-25-24(17-21)26(12-15-31-25)34-27-9-5-22(18-32-27)28(35)33-23-6-2-19(3-7-23)16-20-10-13-30-14-11-20;1-19(35)22-4-8-26-25(17-22)27(12-15-31-26)34-28-9-5-23(18-32-28)29(36)33-24-6-2-20(3-7-24)16-21-10-13-30-14-11-21;34-27(32-22-5-1-18(2-6-22)15-19-9-12-29-13-10-19)21-4-8-26(31-17-21)33-25-11-14-30-24-7-3-20(28(35)36)16-23(24)25;28-21-4-7-24-23(16-21)25(11-14-30-24)33-26-8-3-20(17-31-26)27(34)32-22-5-1-18(2-6-22)15-19-9-12-29-13-10-19/h2-15,17-18H,16H2,1H3,(H,33,35)(H,31,32,34);2-15,17-18H,16H2,1H3,(H,33,36)(H,31,32,34);1-14,16-17H,15H2,(H,32,34)(H,35,36)(H,30,31,33);1-14,16-17H,15H2,(H,32,34)(H,30,31,33). The van der Waals surface area contributed by atoms with Gasteiger partial charge < -0.3 is 52.4 Å². The SMILES string of the molecule is CC(=O)c1ccc2nccc(Nc3ccc(C(=O)Nc4ccc(Cc5ccncc5)cc4)cn3)c2c1.COC(=O)c1ccc2nccc(Nc3ccc(C(=O)Nc4ccc(Cc5ccncc5)cc4)cn3)c2c1.O=C(Nc1ccc(Cc2ccncc2)cc1)c1ccc(Nc2ccnc3ccc(F)cc23)nc1.O=C(O)c1ccc2nccc(Nc3ccc(C(=O)Nc4ccc(Cc5ccncc5)cc4)cn3)c2c1. The maximum Gasteiger partial charge on any atom is 0.337 e. The Kier molecular flexibility index (Phi) is 30.4. The van der Waals surface area contributed by atoms with Crippen LogP contribution in [0.25, 0.3) is 43.6 Å². The lowest BCUT2D eigenvalue weighted by molar-refractivity contribution is 0.0599. The lowest BCUT2D eigenvalue weighted by atomic mass is 10.1. The topological polar surface area (TPSA) is 400 Å². The van der Waals surface area contributed by atoms with Crippen LogP contribution in [0.4, 0.5) is 73.2 Å². The number of aromatic nitrogens is 12. The van der Waals surface area contributed by atoms with Gasteiger partial charge in [0, 0.05) is 149 Å². The van der Waals surface area contributed by atoms with Crippen molar-refractivity contribution in [2.24, 2.45) is 0 Å². The van der Waals surface area contributed by atoms with Gasteiger partial charge in [0.15, 0.2) is 5.78 Å². The van der Waals surface area contributed by atoms with E-state index < -0.39 is 11.9 Å². The molecule has 0 spiro atoms. The summed E-state index contributed by atoms with van der Waals surface area (Å²) in [6, 6.07) is 87.3. The molecule has 0 unspecified atom stereocenters. The van der Waals surface area contributed by atoms with Crippen LogP contribution in [0.5, 0.6) is 0 Å². The summed E-state index contributed by atoms with van der Waals surface area (Å²) in [5.74, 6) is -0.618. The highest BCUT2D eigenvalue weighted by atomic mass is 19.1. The number of benzene rings is 8. The van der Waals surface area contributed by atoms with Crippen molar-refractivity contribution in [2.75, 3.05) is 49.6 Å². The minimum absolute atomic E-state index is 0.0106. The van der Waals surface area contributed by atoms with Crippen LogP contribution < -0.4 is 42.5 Å². The number of rotatable bonds is 27. The summed E-state index contributed by atoms with van der Waals surface area (Å²) in [5.41, 5.74) is 20.7. The van der Waals surface area contributed by atoms with Crippen LogP contribution in [-0.4, -0.2) is 113 Å². The van der Waals surface area contributed by atoms with Crippen molar-refractivity contribution in [1.82, 2.24) is 59.8 Å². The maximum atomic E-state index is 13.7. The molecular formula is C113H87FN20O9. The van der Waals surface area contributed by atoms with Gasteiger partial charge in [-0.2, -0.15) is 0 Å². The Labute approximate surface area is 818 Å². The predicted molar refractivity (Wildman–Crippen MR) is 551 cm³/mol. The molecule has 30 heteroatoms. The van der Waals surface area contributed by atoms with Crippen LogP contribution in [0.1, 0.15) is 124 Å². The summed E-state index contributed by atoms with van der Waals surface area (Å²) in [6.07, 6.45) is 30.1. The Hall–Kier alpha value is -19.8. The first kappa shape index (κ1) is 95.0. The molecule has 0 aliphatic rings. The zero-order valence-corrected chi connectivity index (χ0v) is 76.7. The quantitative estimate of drug-likeness (QED) is 0.0170. The number of aromatic carboxylic acids is 1. The minimum Gasteiger partial charge on any atom is -0.478 e. The number of esters is 1. The first-order valence-corrected chi connectivity index (χ1v) is 45.0. The van der Waals surface area contributed by atoms with Crippen LogP contribution in [0.3, 0.4) is 0 Å². The van der Waals surface area contributed by atoms with Crippen molar-refractivity contribution < 1.29 is 47.8 Å². The molecule has 0 atom stereocenters. The molecule has 0 saturated carbocycles. The molecule has 0 bridgehead atoms. The predicted octanol–water partition coefficient (Wildman–Crippen LogP) is 22.3. The zero-order valence-electron chi connectivity index (χ0n) is 76.7. The number of pyridine rings is 12. The minimum atomic E-state index is -1.01. The van der Waals surface area contributed by atoms with E-state index in [1.165, 1.54) is 79.3 Å². The van der Waals surface area contributed by atoms with E-state index in [1.807, 2.05) is 164 Å². The van der Waals surface area contributed by atoms with Crippen LogP contribution >= 0.6 is 0 Å². The number of ether oxygens (including phenoxy) is 1. The highest BCUT2D eigenvalue weighted by Crippen LogP contribution is 2.33. The molecule has 143 heavy (non-hydrogen) atoms. The number of fused-ring (bicyclic) bond motifs is 4. The third kappa shape index (κ3) is 25.7. The second-order valence-electron chi connectivity index (χ2n) is 32.6. The summed E-state index contributed by atoms with van der Waals surface area (Å²) in [5, 5.41) is 36.6. The van der Waals surface area contributed by atoms with Crippen molar-refractivity contribution in [3.05, 3.63) is 480 Å². The number of hydrogen-bond donors (Lipinski definition) is 9. The average molecular weight is 1890 g/mol. The molecule has 8 aromatic carbocycles. The lowest BCUT2D eigenvalue weighted by Gasteiger charge is -2.11. The second-order valence-corrected chi connectivity index (χ2v) is 32.6. The van der Waals surface area contributed by atoms with Crippen LogP contribution in [0.15, 0.2) is 390 Å². The van der Waals surface area contributed by atoms with E-state index in [0.717, 1.165) is 81.1 Å². The number of carbonyl (C=O) groups is 7. The largest absolute Gasteiger partial charge is 0.478 e. The normalized spacial score (nSPS) is 10.7. The van der Waals surface area contributed by atoms with Gasteiger partial charge in [0.2, 0.25) is 0 Å². The molecular weight excluding hydrogens is 1800 g/mol. The molecule has 0 radical (unpaired) electrons. The third-order valence-corrected chi connectivity index (χ3v) is 22.6. The Bertz CT molecular complexity index is 7710. The van der Waals surface area contributed by atoms with E-state index in [-0.39, 0.29) is 40.8 Å². The zero-order chi connectivity index (χ0) is 98.8. The summed E-state index contributed by atoms with van der Waals surface area (Å²) in [7, 11) is 1.34. The average Bonchev–Trinajstić information content (AvgIpc) is 0.809. The molecule has 700 valence electrons. The van der Waals surface area contributed by atoms with E-state index in [9.17, 15) is 43.1 Å². The Balaban J connectivity index is 0.000000131. The van der Waals surface area contributed by atoms with Gasteiger partial charge in [-0.15, -0.1) is 0 Å². The van der Waals surface area contributed by atoms with Gasteiger partial charge in [-0.1, -0.05) is 48.5 Å². The van der Waals surface area contributed by atoms with E-state index in [1.54, 1.807) is 184 Å². The fourth-order valence-corrected chi connectivity index (χ4v) is 15.1. The number of amides is 4. The van der Waals surface area contributed by atoms with E-state index >= 15 is 0 Å². The number of methoxy groups -OCH3 is 1. The molecule has 12 aromatic heterocycles. The van der Waals surface area contributed by atoms with Crippen LogP contribution in [0.2, 0.25) is 0 Å². The number of hydrogen-bond acceptors (Lipinski definition) is 24. The number of carbonyl (C=O) groups excluding carboxylic acids is 6. The fraction of sp³-hybridized carbons (Fsp3) is 0.0531. The Morgan fingerprint density at radius 1 is 0.266 bits per heavy atom. The highest BCUT2D eigenvalue weighted by molar-refractivity contribution is 6.08. The molecule has 12 heterocycles. The van der Waals surface area contributed by atoms with Gasteiger partial charge in [-0.05, 0) is 320 Å². The number of nitrogens with one attached hydrogen (secondary N) is 8. The number of Topliss-reactive ketones (excluding diaryl/α,β-unsaturated/α-hetero) is 1. The monoisotopic (exact) mass is 1890 g/mol. The van der Waals surface area contributed by atoms with Crippen molar-refractivity contribution in [1.29, 1.82) is 0 Å². The Morgan fingerprint density at radius 3 is 0.776 bits per heavy atom. The van der Waals surface area contributed by atoms with Crippen molar-refractivity contribution in [2.45, 2.75) is 32.6 Å². The van der Waals surface area contributed by atoms with Crippen LogP contribution in [-0.2, 0) is 30.4 Å². The molecule has 0 aliphatic carbocycles. The number of nitrogens with zero attached hydrogens (tertiary/aromatic N) is 12. The number of halogens is 1. The van der Waals surface area contributed by atoms with Gasteiger partial charge in [0.25, 0.3) is 23.6 Å².